The predicted octanol–water partition coefficient (Wildman–Crippen LogP) is 0.539. The molecule has 6 nitrogen and oxygen atoms in total. The summed E-state index contributed by atoms with van der Waals surface area (Å²) in [5.41, 5.74) is 5.44. The summed E-state index contributed by atoms with van der Waals surface area (Å²) in [4.78, 5) is 13.8. The lowest BCUT2D eigenvalue weighted by Gasteiger charge is -2.31. The van der Waals surface area contributed by atoms with E-state index in [2.05, 4.69) is 5.16 Å². The Morgan fingerprint density at radius 2 is 2.29 bits per heavy atom. The number of oxime groups is 1. The van der Waals surface area contributed by atoms with Crippen molar-refractivity contribution in [2.45, 2.75) is 45.3 Å². The van der Waals surface area contributed by atoms with Crippen LogP contribution in [-0.4, -0.2) is 47.1 Å². The standard InChI is InChI=1S/C11H21N3O3/c1-8(2)14(7-10(12)13-16)11(15)9-5-3-4-6-17-9/h8-9,16H,3-7H2,1-2H3,(H2,12,13). The zero-order chi connectivity index (χ0) is 12.8. The van der Waals surface area contributed by atoms with Crippen LogP contribution in [0.25, 0.3) is 0 Å². The Balaban J connectivity index is 2.65. The summed E-state index contributed by atoms with van der Waals surface area (Å²) in [7, 11) is 0. The smallest absolute Gasteiger partial charge is 0.252 e. The monoisotopic (exact) mass is 243 g/mol. The van der Waals surface area contributed by atoms with E-state index < -0.39 is 0 Å². The number of amides is 1. The number of carbonyl (C=O) groups excluding carboxylic acids is 1. The van der Waals surface area contributed by atoms with Gasteiger partial charge >= 0.3 is 0 Å². The number of rotatable bonds is 4. The van der Waals surface area contributed by atoms with E-state index in [1.807, 2.05) is 13.8 Å². The first kappa shape index (κ1) is 13.8. The minimum absolute atomic E-state index is 0.00618. The molecule has 0 bridgehead atoms. The van der Waals surface area contributed by atoms with Crippen molar-refractivity contribution in [2.75, 3.05) is 13.2 Å². The maximum absolute atomic E-state index is 12.2. The lowest BCUT2D eigenvalue weighted by molar-refractivity contribution is -0.147. The normalized spacial score (nSPS) is 21.6. The van der Waals surface area contributed by atoms with E-state index in [0.717, 1.165) is 19.3 Å². The SMILES string of the molecule is CC(C)N(CC(N)=NO)C(=O)C1CCCCO1. The quantitative estimate of drug-likeness (QED) is 0.326. The van der Waals surface area contributed by atoms with Crippen LogP contribution in [0.5, 0.6) is 0 Å². The van der Waals surface area contributed by atoms with Crippen molar-refractivity contribution >= 4 is 11.7 Å². The molecule has 0 aromatic rings. The highest BCUT2D eigenvalue weighted by molar-refractivity contribution is 5.88. The van der Waals surface area contributed by atoms with Gasteiger partial charge in [-0.15, -0.1) is 0 Å². The number of nitrogens with two attached hydrogens (primary N) is 1. The van der Waals surface area contributed by atoms with Crippen LogP contribution in [0.4, 0.5) is 0 Å². The van der Waals surface area contributed by atoms with Crippen LogP contribution in [0, 0.1) is 0 Å². The van der Waals surface area contributed by atoms with E-state index >= 15 is 0 Å². The van der Waals surface area contributed by atoms with Crippen LogP contribution < -0.4 is 5.73 Å². The molecule has 1 unspecified atom stereocenters. The highest BCUT2D eigenvalue weighted by atomic mass is 16.5. The molecule has 1 fully saturated rings. The predicted molar refractivity (Wildman–Crippen MR) is 63.8 cm³/mol. The summed E-state index contributed by atoms with van der Waals surface area (Å²) >= 11 is 0. The van der Waals surface area contributed by atoms with Gasteiger partial charge in [0, 0.05) is 12.6 Å². The Morgan fingerprint density at radius 3 is 2.76 bits per heavy atom. The van der Waals surface area contributed by atoms with Gasteiger partial charge in [-0.2, -0.15) is 0 Å². The minimum Gasteiger partial charge on any atom is -0.409 e. The van der Waals surface area contributed by atoms with Gasteiger partial charge in [0.05, 0.1) is 6.54 Å². The molecule has 3 N–H and O–H groups in total. The molecule has 0 aromatic carbocycles. The second kappa shape index (κ2) is 6.44. The largest absolute Gasteiger partial charge is 0.409 e. The van der Waals surface area contributed by atoms with Gasteiger partial charge in [-0.25, -0.2) is 0 Å². The number of amidine groups is 1. The molecule has 1 saturated heterocycles. The van der Waals surface area contributed by atoms with Gasteiger partial charge < -0.3 is 20.6 Å². The molecule has 17 heavy (non-hydrogen) atoms. The zero-order valence-corrected chi connectivity index (χ0v) is 10.4. The van der Waals surface area contributed by atoms with Gasteiger partial charge in [0.15, 0.2) is 5.84 Å². The van der Waals surface area contributed by atoms with Crippen molar-refractivity contribution in [2.24, 2.45) is 10.9 Å². The van der Waals surface area contributed by atoms with Crippen LogP contribution in [0.3, 0.4) is 0 Å². The first-order valence-electron chi connectivity index (χ1n) is 5.94. The van der Waals surface area contributed by atoms with Crippen LogP contribution in [0.15, 0.2) is 5.16 Å². The highest BCUT2D eigenvalue weighted by Gasteiger charge is 2.28. The number of ether oxygens (including phenoxy) is 1. The second-order valence-electron chi connectivity index (χ2n) is 4.51. The number of carbonyl (C=O) groups is 1. The van der Waals surface area contributed by atoms with Crippen LogP contribution in [-0.2, 0) is 9.53 Å². The first-order chi connectivity index (χ1) is 8.06. The fraction of sp³-hybridized carbons (Fsp3) is 0.818. The molecule has 0 aliphatic carbocycles. The molecule has 0 aromatic heterocycles. The molecule has 98 valence electrons. The van der Waals surface area contributed by atoms with Crippen molar-refractivity contribution in [1.82, 2.24) is 4.90 Å². The van der Waals surface area contributed by atoms with Gasteiger partial charge in [-0.1, -0.05) is 5.16 Å². The van der Waals surface area contributed by atoms with Crippen LogP contribution >= 0.6 is 0 Å². The summed E-state index contributed by atoms with van der Waals surface area (Å²) in [6, 6.07) is -0.00618. The van der Waals surface area contributed by atoms with Crippen LogP contribution in [0.2, 0.25) is 0 Å². The molecular weight excluding hydrogens is 222 g/mol. The molecule has 0 radical (unpaired) electrons. The van der Waals surface area contributed by atoms with E-state index in [1.54, 1.807) is 4.90 Å². The molecule has 1 aliphatic heterocycles. The summed E-state index contributed by atoms with van der Waals surface area (Å²) in [6.07, 6.45) is 2.38. The molecule has 1 atom stereocenters. The molecule has 6 heteroatoms. The summed E-state index contributed by atoms with van der Waals surface area (Å²) in [5.74, 6) is -0.0471. The van der Waals surface area contributed by atoms with E-state index in [-0.39, 0.29) is 30.4 Å². The third-order valence-corrected chi connectivity index (χ3v) is 2.82. The molecule has 1 heterocycles. The Labute approximate surface area is 101 Å². The highest BCUT2D eigenvalue weighted by Crippen LogP contribution is 2.16. The van der Waals surface area contributed by atoms with Gasteiger partial charge in [0.1, 0.15) is 6.10 Å². The van der Waals surface area contributed by atoms with Gasteiger partial charge in [-0.3, -0.25) is 4.79 Å². The maximum Gasteiger partial charge on any atom is 0.252 e. The van der Waals surface area contributed by atoms with Crippen molar-refractivity contribution in [3.63, 3.8) is 0 Å². The van der Waals surface area contributed by atoms with E-state index in [4.69, 9.17) is 15.7 Å². The van der Waals surface area contributed by atoms with E-state index in [9.17, 15) is 4.79 Å². The van der Waals surface area contributed by atoms with Crippen molar-refractivity contribution < 1.29 is 14.7 Å². The minimum atomic E-state index is -0.377. The number of hydrogen-bond acceptors (Lipinski definition) is 4. The van der Waals surface area contributed by atoms with Crippen LogP contribution in [0.1, 0.15) is 33.1 Å². The van der Waals surface area contributed by atoms with Gasteiger partial charge in [0.2, 0.25) is 0 Å². The van der Waals surface area contributed by atoms with Crippen molar-refractivity contribution in [3.8, 4) is 0 Å². The average Bonchev–Trinajstić information content (AvgIpc) is 2.35. The molecule has 0 spiro atoms. The molecule has 1 rings (SSSR count). The fourth-order valence-corrected chi connectivity index (χ4v) is 1.84. The lowest BCUT2D eigenvalue weighted by atomic mass is 10.1. The Hall–Kier alpha value is -1.30. The Kier molecular flexibility index (Phi) is 5.21. The molecular formula is C11H21N3O3. The zero-order valence-electron chi connectivity index (χ0n) is 10.4. The lowest BCUT2D eigenvalue weighted by Crippen LogP contribution is -2.48. The summed E-state index contributed by atoms with van der Waals surface area (Å²) in [5, 5.41) is 11.4. The first-order valence-corrected chi connectivity index (χ1v) is 5.94. The molecule has 0 saturated carbocycles. The molecule has 1 aliphatic rings. The maximum atomic E-state index is 12.2. The topological polar surface area (TPSA) is 88.1 Å². The average molecular weight is 243 g/mol. The van der Waals surface area contributed by atoms with Gasteiger partial charge in [-0.05, 0) is 33.1 Å². The third-order valence-electron chi connectivity index (χ3n) is 2.82. The molecule has 1 amide bonds. The Morgan fingerprint density at radius 1 is 1.59 bits per heavy atom. The fourth-order valence-electron chi connectivity index (χ4n) is 1.84. The second-order valence-corrected chi connectivity index (χ2v) is 4.51. The summed E-state index contributed by atoms with van der Waals surface area (Å²) in [6.45, 7) is 4.55. The number of hydrogen-bond donors (Lipinski definition) is 2. The number of nitrogens with zero attached hydrogens (tertiary/aromatic N) is 2. The summed E-state index contributed by atoms with van der Waals surface area (Å²) < 4.78 is 5.45. The van der Waals surface area contributed by atoms with Crippen molar-refractivity contribution in [1.29, 1.82) is 0 Å². The third kappa shape index (κ3) is 3.89. The van der Waals surface area contributed by atoms with Crippen molar-refractivity contribution in [3.05, 3.63) is 0 Å². The van der Waals surface area contributed by atoms with Gasteiger partial charge in [0.25, 0.3) is 5.91 Å². The van der Waals surface area contributed by atoms with E-state index in [1.165, 1.54) is 0 Å². The van der Waals surface area contributed by atoms with E-state index in [0.29, 0.717) is 6.61 Å². The Bertz CT molecular complexity index is 286.